The topological polar surface area (TPSA) is 101 Å². The quantitative estimate of drug-likeness (QED) is 0.545. The van der Waals surface area contributed by atoms with Crippen molar-refractivity contribution in [1.82, 2.24) is 9.62 Å². The Morgan fingerprint density at radius 3 is 2.11 bits per heavy atom. The van der Waals surface area contributed by atoms with Crippen molar-refractivity contribution >= 4 is 37.4 Å². The molecule has 15 heteroatoms. The Hall–Kier alpha value is -2.29. The molecule has 1 N–H and O–H groups in total. The standard InChI is InChI=1S/C20H18ClF5N2O5S2/c21-13-4-5-16(17(10-13)34(30,31)18-14(22)2-1-3-15(18)23)35(32,33)28-8-6-12(7-9-28)11-27-19(29)20(24,25)26/h1-5,10,12H,6-9,11H2,(H,27,29). The van der Waals surface area contributed by atoms with Crippen molar-refractivity contribution in [3.63, 3.8) is 0 Å². The monoisotopic (exact) mass is 560 g/mol. The van der Waals surface area contributed by atoms with Crippen molar-refractivity contribution in [2.45, 2.75) is 33.7 Å². The lowest BCUT2D eigenvalue weighted by molar-refractivity contribution is -0.173. The van der Waals surface area contributed by atoms with Gasteiger partial charge < -0.3 is 5.32 Å². The molecule has 1 aliphatic rings. The summed E-state index contributed by atoms with van der Waals surface area (Å²) in [5.41, 5.74) is 0. The Balaban J connectivity index is 1.88. The summed E-state index contributed by atoms with van der Waals surface area (Å²) < 4.78 is 119. The Kier molecular flexibility index (Phi) is 7.79. The number of carbonyl (C=O) groups excluding carboxylic acids is 1. The lowest BCUT2D eigenvalue weighted by Gasteiger charge is -2.31. The minimum atomic E-state index is -5.04. The van der Waals surface area contributed by atoms with Gasteiger partial charge in [0.05, 0.1) is 4.90 Å². The third-order valence-corrected chi connectivity index (χ3v) is 9.55. The van der Waals surface area contributed by atoms with Gasteiger partial charge in [-0.2, -0.15) is 17.5 Å². The van der Waals surface area contributed by atoms with Gasteiger partial charge in [0.15, 0.2) is 0 Å². The summed E-state index contributed by atoms with van der Waals surface area (Å²) in [6, 6.07) is 5.13. The van der Waals surface area contributed by atoms with Crippen LogP contribution < -0.4 is 5.32 Å². The second-order valence-corrected chi connectivity index (χ2v) is 11.9. The number of hydrogen-bond donors (Lipinski definition) is 1. The van der Waals surface area contributed by atoms with Crippen molar-refractivity contribution in [1.29, 1.82) is 0 Å². The molecule has 0 bridgehead atoms. The molecule has 1 amide bonds. The molecule has 1 saturated heterocycles. The number of nitrogens with one attached hydrogen (secondary N) is 1. The minimum Gasteiger partial charge on any atom is -0.348 e. The zero-order valence-corrected chi connectivity index (χ0v) is 20.0. The Morgan fingerprint density at radius 2 is 1.57 bits per heavy atom. The fourth-order valence-corrected chi connectivity index (χ4v) is 7.47. The highest BCUT2D eigenvalue weighted by atomic mass is 35.5. The average molecular weight is 561 g/mol. The molecule has 2 aromatic carbocycles. The Labute approximate surface area is 202 Å². The van der Waals surface area contributed by atoms with E-state index in [0.29, 0.717) is 12.1 Å². The van der Waals surface area contributed by atoms with E-state index in [2.05, 4.69) is 0 Å². The number of sulfone groups is 1. The Bertz CT molecular complexity index is 1320. The number of carbonyl (C=O) groups is 1. The highest BCUT2D eigenvalue weighted by molar-refractivity contribution is 7.93. The van der Waals surface area contributed by atoms with Crippen LogP contribution in [-0.2, 0) is 24.7 Å². The minimum absolute atomic E-state index is 0.0784. The fraction of sp³-hybridized carbons (Fsp3) is 0.350. The SMILES string of the molecule is O=C(NCC1CCN(S(=O)(=O)c2ccc(Cl)cc2S(=O)(=O)c2c(F)cccc2F)CC1)C(F)(F)F. The third kappa shape index (κ3) is 5.76. The molecular formula is C20H18ClF5N2O5S2. The van der Waals surface area contributed by atoms with E-state index in [-0.39, 0.29) is 37.5 Å². The summed E-state index contributed by atoms with van der Waals surface area (Å²) in [5, 5.41) is 1.55. The van der Waals surface area contributed by atoms with E-state index in [9.17, 15) is 43.6 Å². The highest BCUT2D eigenvalue weighted by Gasteiger charge is 2.40. The lowest BCUT2D eigenvalue weighted by Crippen LogP contribution is -2.44. The molecule has 0 unspecified atom stereocenters. The number of piperidine rings is 1. The van der Waals surface area contributed by atoms with Crippen molar-refractivity contribution in [3.8, 4) is 0 Å². The molecular weight excluding hydrogens is 543 g/mol. The van der Waals surface area contributed by atoms with Gasteiger partial charge in [0.2, 0.25) is 19.9 Å². The Morgan fingerprint density at radius 1 is 1.00 bits per heavy atom. The number of benzene rings is 2. The van der Waals surface area contributed by atoms with Crippen molar-refractivity contribution in [3.05, 3.63) is 53.1 Å². The summed E-state index contributed by atoms with van der Waals surface area (Å²) in [7, 11) is -9.53. The van der Waals surface area contributed by atoms with E-state index < -0.39 is 64.2 Å². The maximum atomic E-state index is 14.2. The number of alkyl halides is 3. The smallest absolute Gasteiger partial charge is 0.348 e. The highest BCUT2D eigenvalue weighted by Crippen LogP contribution is 2.34. The van der Waals surface area contributed by atoms with E-state index >= 15 is 0 Å². The fourth-order valence-electron chi connectivity index (χ4n) is 3.58. The van der Waals surface area contributed by atoms with E-state index in [0.717, 1.165) is 28.6 Å². The first-order valence-electron chi connectivity index (χ1n) is 9.99. The number of hydrogen-bond acceptors (Lipinski definition) is 5. The second kappa shape index (κ2) is 9.99. The van der Waals surface area contributed by atoms with Gasteiger partial charge in [-0.3, -0.25) is 4.79 Å². The van der Waals surface area contributed by atoms with Gasteiger partial charge in [0.25, 0.3) is 0 Å². The molecule has 35 heavy (non-hydrogen) atoms. The first kappa shape index (κ1) is 27.3. The maximum Gasteiger partial charge on any atom is 0.471 e. The van der Waals surface area contributed by atoms with Crippen molar-refractivity contribution in [2.75, 3.05) is 19.6 Å². The van der Waals surface area contributed by atoms with Crippen LogP contribution in [0.2, 0.25) is 5.02 Å². The largest absolute Gasteiger partial charge is 0.471 e. The molecule has 0 radical (unpaired) electrons. The first-order chi connectivity index (χ1) is 16.2. The number of sulfonamides is 1. The second-order valence-electron chi connectivity index (χ2n) is 7.70. The zero-order valence-electron chi connectivity index (χ0n) is 17.6. The molecule has 0 atom stereocenters. The van der Waals surface area contributed by atoms with E-state index in [1.54, 1.807) is 5.32 Å². The van der Waals surface area contributed by atoms with Gasteiger partial charge in [-0.05, 0) is 49.1 Å². The van der Waals surface area contributed by atoms with Crippen LogP contribution in [0.3, 0.4) is 0 Å². The molecule has 1 fully saturated rings. The van der Waals surface area contributed by atoms with Gasteiger partial charge in [0.1, 0.15) is 21.4 Å². The van der Waals surface area contributed by atoms with Crippen LogP contribution in [0.25, 0.3) is 0 Å². The van der Waals surface area contributed by atoms with Crippen LogP contribution in [0, 0.1) is 17.6 Å². The number of rotatable bonds is 6. The van der Waals surface area contributed by atoms with Gasteiger partial charge in [0, 0.05) is 24.7 Å². The predicted octanol–water partition coefficient (Wildman–Crippen LogP) is 3.53. The molecule has 1 heterocycles. The van der Waals surface area contributed by atoms with E-state index in [1.807, 2.05) is 0 Å². The van der Waals surface area contributed by atoms with Crippen LogP contribution >= 0.6 is 11.6 Å². The summed E-state index contributed by atoms with van der Waals surface area (Å²) in [6.45, 7) is -0.699. The van der Waals surface area contributed by atoms with Gasteiger partial charge in [-0.1, -0.05) is 17.7 Å². The molecule has 3 rings (SSSR count). The molecule has 192 valence electrons. The van der Waals surface area contributed by atoms with Gasteiger partial charge in [-0.15, -0.1) is 0 Å². The van der Waals surface area contributed by atoms with Crippen LogP contribution in [0.1, 0.15) is 12.8 Å². The molecule has 7 nitrogen and oxygen atoms in total. The van der Waals surface area contributed by atoms with Crippen molar-refractivity contribution < 1.29 is 43.6 Å². The molecule has 0 saturated carbocycles. The van der Waals surface area contributed by atoms with Crippen LogP contribution in [-0.4, -0.2) is 52.9 Å². The number of halogens is 6. The average Bonchev–Trinajstić information content (AvgIpc) is 2.76. The molecule has 0 spiro atoms. The predicted molar refractivity (Wildman–Crippen MR) is 114 cm³/mol. The van der Waals surface area contributed by atoms with Gasteiger partial charge in [-0.25, -0.2) is 25.6 Å². The summed E-state index contributed by atoms with van der Waals surface area (Å²) in [5.74, 6) is -5.40. The molecule has 0 aliphatic carbocycles. The third-order valence-electron chi connectivity index (χ3n) is 5.38. The summed E-state index contributed by atoms with van der Waals surface area (Å²) >= 11 is 5.86. The van der Waals surface area contributed by atoms with Gasteiger partial charge >= 0.3 is 12.1 Å². The number of amides is 1. The molecule has 1 aliphatic heterocycles. The van der Waals surface area contributed by atoms with Crippen LogP contribution in [0.15, 0.2) is 51.1 Å². The summed E-state index contributed by atoms with van der Waals surface area (Å²) in [4.78, 5) is 7.96. The lowest BCUT2D eigenvalue weighted by atomic mass is 9.98. The summed E-state index contributed by atoms with van der Waals surface area (Å²) in [6.07, 6.45) is -4.89. The zero-order chi connectivity index (χ0) is 26.2. The maximum absolute atomic E-state index is 14.2. The number of nitrogens with zero attached hydrogens (tertiary/aromatic N) is 1. The van der Waals surface area contributed by atoms with Crippen molar-refractivity contribution in [2.24, 2.45) is 5.92 Å². The van der Waals surface area contributed by atoms with Crippen LogP contribution in [0.4, 0.5) is 22.0 Å². The molecule has 2 aromatic rings. The van der Waals surface area contributed by atoms with E-state index in [1.165, 1.54) is 0 Å². The normalized spacial score (nSPS) is 16.3. The van der Waals surface area contributed by atoms with E-state index in [4.69, 9.17) is 11.6 Å². The molecule has 0 aromatic heterocycles. The van der Waals surface area contributed by atoms with Crippen LogP contribution in [0.5, 0.6) is 0 Å². The first-order valence-corrected chi connectivity index (χ1v) is 13.3.